The molecule has 0 fully saturated rings. The van der Waals surface area contributed by atoms with Crippen LogP contribution in [0.15, 0.2) is 24.3 Å². The number of ether oxygens (including phenoxy) is 3. The van der Waals surface area contributed by atoms with E-state index in [2.05, 4.69) is 38.2 Å². The van der Waals surface area contributed by atoms with Crippen LogP contribution >= 0.6 is 0 Å². The molecule has 0 aromatic rings. The number of nitrogens with zero attached hydrogens (tertiary/aromatic N) is 1. The Hall–Kier alpha value is -2.19. The topological polar surface area (TPSA) is 99.1 Å². The first-order chi connectivity index (χ1) is 28.1. The molecule has 8 nitrogen and oxygen atoms in total. The molecular formula is C50H94NO7+. The maximum atomic E-state index is 12.8. The van der Waals surface area contributed by atoms with Gasteiger partial charge >= 0.3 is 17.9 Å². The second-order valence-electron chi connectivity index (χ2n) is 17.7. The summed E-state index contributed by atoms with van der Waals surface area (Å²) in [5.74, 6) is -1.47. The number of esters is 2. The average molecular weight is 821 g/mol. The van der Waals surface area contributed by atoms with Crippen molar-refractivity contribution in [2.45, 2.75) is 238 Å². The SMILES string of the molecule is CC/C=C/C/C=C/CCCCCCCC(=O)OCC(COCCC(C(=O)O)[N+](C)(C)C)OC(=O)CCCCCCCCCCCCCCCCCCCCCCCC. The van der Waals surface area contributed by atoms with Gasteiger partial charge in [0, 0.05) is 19.3 Å². The lowest BCUT2D eigenvalue weighted by Crippen LogP contribution is -2.50. The molecule has 2 atom stereocenters. The minimum absolute atomic E-state index is 0.0542. The van der Waals surface area contributed by atoms with E-state index in [1.165, 1.54) is 122 Å². The lowest BCUT2D eigenvalue weighted by Gasteiger charge is -2.31. The standard InChI is InChI=1S/C50H93NO7/c1-6-8-10-12-14-16-18-20-21-22-23-24-25-26-27-28-29-31-33-35-37-39-41-49(53)58-46(44-56-43-42-47(50(54)55)51(3,4)5)45-57-48(52)40-38-36-34-32-30-19-17-15-13-11-9-7-2/h9,11,15,17,46-47H,6-8,10,12-14,16,18-45H2,1-5H3/p+1/b11-9+,17-15+. The van der Waals surface area contributed by atoms with E-state index in [-0.39, 0.29) is 36.2 Å². The fourth-order valence-electron chi connectivity index (χ4n) is 7.37. The third-order valence-electron chi connectivity index (χ3n) is 11.1. The number of unbranched alkanes of at least 4 members (excludes halogenated alkanes) is 26. The van der Waals surface area contributed by atoms with Gasteiger partial charge in [0.15, 0.2) is 12.1 Å². The van der Waals surface area contributed by atoms with E-state index in [9.17, 15) is 19.5 Å². The monoisotopic (exact) mass is 821 g/mol. The van der Waals surface area contributed by atoms with Crippen molar-refractivity contribution in [3.8, 4) is 0 Å². The second kappa shape index (κ2) is 41.5. The molecule has 0 aromatic carbocycles. The van der Waals surface area contributed by atoms with Gasteiger partial charge in [-0.05, 0) is 38.5 Å². The Labute approximate surface area is 358 Å². The Balaban J connectivity index is 4.18. The number of allylic oxidation sites excluding steroid dienone is 4. The van der Waals surface area contributed by atoms with E-state index in [1.807, 2.05) is 21.1 Å². The van der Waals surface area contributed by atoms with Crippen LogP contribution in [-0.2, 0) is 28.6 Å². The van der Waals surface area contributed by atoms with Crippen molar-refractivity contribution in [3.05, 3.63) is 24.3 Å². The van der Waals surface area contributed by atoms with E-state index in [4.69, 9.17) is 14.2 Å². The predicted molar refractivity (Wildman–Crippen MR) is 243 cm³/mol. The van der Waals surface area contributed by atoms with Gasteiger partial charge in [-0.2, -0.15) is 0 Å². The molecule has 0 spiro atoms. The number of carbonyl (C=O) groups is 3. The zero-order valence-electron chi connectivity index (χ0n) is 38.8. The highest BCUT2D eigenvalue weighted by Gasteiger charge is 2.31. The molecule has 0 amide bonds. The summed E-state index contributed by atoms with van der Waals surface area (Å²) in [4.78, 5) is 37.0. The van der Waals surface area contributed by atoms with Crippen LogP contribution in [0.3, 0.4) is 0 Å². The normalized spacial score (nSPS) is 13.1. The summed E-state index contributed by atoms with van der Waals surface area (Å²) in [5.41, 5.74) is 0. The Kier molecular flexibility index (Phi) is 40.0. The zero-order chi connectivity index (χ0) is 42.8. The van der Waals surface area contributed by atoms with Crippen LogP contribution in [0.2, 0.25) is 0 Å². The van der Waals surface area contributed by atoms with Gasteiger partial charge in [-0.3, -0.25) is 9.59 Å². The molecule has 1 N–H and O–H groups in total. The van der Waals surface area contributed by atoms with Gasteiger partial charge < -0.3 is 23.8 Å². The number of carboxylic acid groups (broad SMARTS) is 1. The van der Waals surface area contributed by atoms with E-state index >= 15 is 0 Å². The molecule has 340 valence electrons. The van der Waals surface area contributed by atoms with Crippen molar-refractivity contribution < 1.29 is 38.2 Å². The molecule has 8 heteroatoms. The summed E-state index contributed by atoms with van der Waals surface area (Å²) in [6.07, 6.45) is 46.6. The Morgan fingerprint density at radius 1 is 0.534 bits per heavy atom. The summed E-state index contributed by atoms with van der Waals surface area (Å²) in [7, 11) is 5.53. The van der Waals surface area contributed by atoms with Gasteiger partial charge in [-0.15, -0.1) is 0 Å². The number of aliphatic carboxylic acids is 1. The number of likely N-dealkylation sites (N-methyl/N-ethyl adjacent to an activating group) is 1. The van der Waals surface area contributed by atoms with Crippen molar-refractivity contribution in [1.29, 1.82) is 0 Å². The quantitative estimate of drug-likeness (QED) is 0.0283. The minimum Gasteiger partial charge on any atom is -0.477 e. The summed E-state index contributed by atoms with van der Waals surface area (Å²) < 4.78 is 17.3. The molecule has 58 heavy (non-hydrogen) atoms. The van der Waals surface area contributed by atoms with Gasteiger partial charge in [-0.25, -0.2) is 4.79 Å². The van der Waals surface area contributed by atoms with E-state index < -0.39 is 18.1 Å². The van der Waals surface area contributed by atoms with Crippen molar-refractivity contribution in [2.24, 2.45) is 0 Å². The van der Waals surface area contributed by atoms with Gasteiger partial charge in [0.05, 0.1) is 34.4 Å². The predicted octanol–water partition coefficient (Wildman–Crippen LogP) is 13.6. The Morgan fingerprint density at radius 2 is 0.966 bits per heavy atom. The van der Waals surface area contributed by atoms with Crippen molar-refractivity contribution in [1.82, 2.24) is 0 Å². The second-order valence-corrected chi connectivity index (χ2v) is 17.7. The molecule has 2 unspecified atom stereocenters. The van der Waals surface area contributed by atoms with Crippen molar-refractivity contribution in [2.75, 3.05) is 41.0 Å². The van der Waals surface area contributed by atoms with Crippen LogP contribution in [0.5, 0.6) is 0 Å². The van der Waals surface area contributed by atoms with Gasteiger partial charge in [-0.1, -0.05) is 192 Å². The Morgan fingerprint density at radius 3 is 1.41 bits per heavy atom. The lowest BCUT2D eigenvalue weighted by molar-refractivity contribution is -0.887. The highest BCUT2D eigenvalue weighted by atomic mass is 16.6. The van der Waals surface area contributed by atoms with Crippen LogP contribution in [-0.4, -0.2) is 80.6 Å². The average Bonchev–Trinajstić information content (AvgIpc) is 3.18. The Bertz CT molecular complexity index is 1000. The molecule has 0 aliphatic rings. The summed E-state index contributed by atoms with van der Waals surface area (Å²) >= 11 is 0. The number of carboxylic acids is 1. The summed E-state index contributed by atoms with van der Waals surface area (Å²) in [6, 6.07) is -0.614. The fourth-order valence-corrected chi connectivity index (χ4v) is 7.37. The minimum atomic E-state index is -0.875. The molecule has 0 heterocycles. The summed E-state index contributed by atoms with van der Waals surface area (Å²) in [5, 5.41) is 9.63. The van der Waals surface area contributed by atoms with Crippen molar-refractivity contribution >= 4 is 17.9 Å². The third-order valence-corrected chi connectivity index (χ3v) is 11.1. The maximum absolute atomic E-state index is 12.8. The smallest absolute Gasteiger partial charge is 0.362 e. The van der Waals surface area contributed by atoms with Crippen LogP contribution in [0, 0.1) is 0 Å². The molecular weight excluding hydrogens is 727 g/mol. The first kappa shape index (κ1) is 55.8. The van der Waals surface area contributed by atoms with Crippen LogP contribution in [0.25, 0.3) is 0 Å². The van der Waals surface area contributed by atoms with Gasteiger partial charge in [0.2, 0.25) is 0 Å². The molecule has 0 aliphatic heterocycles. The number of quaternary nitrogens is 1. The zero-order valence-corrected chi connectivity index (χ0v) is 38.8. The van der Waals surface area contributed by atoms with E-state index in [0.717, 1.165) is 70.6 Å². The highest BCUT2D eigenvalue weighted by Crippen LogP contribution is 2.16. The van der Waals surface area contributed by atoms with Gasteiger partial charge in [0.25, 0.3) is 0 Å². The maximum Gasteiger partial charge on any atom is 0.362 e. The van der Waals surface area contributed by atoms with Crippen molar-refractivity contribution in [3.63, 3.8) is 0 Å². The van der Waals surface area contributed by atoms with Crippen LogP contribution < -0.4 is 0 Å². The van der Waals surface area contributed by atoms with Gasteiger partial charge in [0.1, 0.15) is 6.61 Å². The number of hydrogen-bond acceptors (Lipinski definition) is 6. The molecule has 0 aliphatic carbocycles. The fraction of sp³-hybridized carbons (Fsp3) is 0.860. The lowest BCUT2D eigenvalue weighted by atomic mass is 10.0. The highest BCUT2D eigenvalue weighted by molar-refractivity contribution is 5.72. The largest absolute Gasteiger partial charge is 0.477 e. The molecule has 0 saturated carbocycles. The number of carbonyl (C=O) groups excluding carboxylic acids is 2. The molecule has 0 aromatic heterocycles. The first-order valence-electron chi connectivity index (χ1n) is 24.4. The molecule has 0 saturated heterocycles. The molecule has 0 rings (SSSR count). The third kappa shape index (κ3) is 39.3. The van der Waals surface area contributed by atoms with Crippen LogP contribution in [0.1, 0.15) is 226 Å². The molecule has 0 radical (unpaired) electrons. The molecule has 0 bridgehead atoms. The van der Waals surface area contributed by atoms with E-state index in [1.54, 1.807) is 0 Å². The number of hydrogen-bond donors (Lipinski definition) is 1. The van der Waals surface area contributed by atoms with Crippen LogP contribution in [0.4, 0.5) is 0 Å². The first-order valence-corrected chi connectivity index (χ1v) is 24.4. The number of rotatable bonds is 44. The summed E-state index contributed by atoms with van der Waals surface area (Å²) in [6.45, 7) is 4.64. The van der Waals surface area contributed by atoms with E-state index in [0.29, 0.717) is 19.3 Å².